The predicted octanol–water partition coefficient (Wildman–Crippen LogP) is 7.83. The maximum absolute atomic E-state index is 12.3. The highest BCUT2D eigenvalue weighted by molar-refractivity contribution is 5.89. The first-order valence-corrected chi connectivity index (χ1v) is 18.4. The van der Waals surface area contributed by atoms with Crippen LogP contribution in [0.2, 0.25) is 0 Å². The number of carbonyl (C=O) groups is 3. The van der Waals surface area contributed by atoms with Crippen LogP contribution in [0.15, 0.2) is 0 Å². The number of carbonyl (C=O) groups excluding carboxylic acids is 2. The Hall–Kier alpha value is -1.71. The number of ether oxygens (including phenoxy) is 4. The van der Waals surface area contributed by atoms with Gasteiger partial charge in [0.1, 0.15) is 0 Å². The summed E-state index contributed by atoms with van der Waals surface area (Å²) < 4.78 is 21.7. The summed E-state index contributed by atoms with van der Waals surface area (Å²) in [6.07, 6.45) is 25.0. The van der Waals surface area contributed by atoms with Gasteiger partial charge in [-0.15, -0.1) is 0 Å². The van der Waals surface area contributed by atoms with Gasteiger partial charge in [-0.25, -0.2) is 4.79 Å². The number of esters is 2. The molecule has 0 spiro atoms. The van der Waals surface area contributed by atoms with Gasteiger partial charge in [-0.2, -0.15) is 0 Å². The van der Waals surface area contributed by atoms with Crippen molar-refractivity contribution in [3.8, 4) is 0 Å². The molecule has 2 fully saturated rings. The van der Waals surface area contributed by atoms with E-state index < -0.39 is 36.4 Å². The lowest BCUT2D eigenvalue weighted by Crippen LogP contribution is -2.43. The molecule has 4 unspecified atom stereocenters. The van der Waals surface area contributed by atoms with Crippen LogP contribution in [-0.2, 0) is 33.3 Å². The van der Waals surface area contributed by atoms with Crippen LogP contribution in [0.4, 0.5) is 0 Å². The van der Waals surface area contributed by atoms with E-state index in [9.17, 15) is 24.6 Å². The predicted molar refractivity (Wildman–Crippen MR) is 174 cm³/mol. The normalized spacial score (nSPS) is 21.7. The Morgan fingerprint density at radius 1 is 0.533 bits per heavy atom. The molecule has 0 bridgehead atoms. The molecule has 45 heavy (non-hydrogen) atoms. The Kier molecular flexibility index (Phi) is 20.7. The van der Waals surface area contributed by atoms with Crippen molar-refractivity contribution < 1.29 is 43.5 Å². The fourth-order valence-corrected chi connectivity index (χ4v) is 6.06. The summed E-state index contributed by atoms with van der Waals surface area (Å²) in [7, 11) is 0. The minimum Gasteiger partial charge on any atom is -0.479 e. The SMILES string of the molecule is CCCCCCCCCCCC1OC1CCOC(=O)CC(O)(CC(=O)OCCC1OC1CCCCCCCCCCC)C(=O)O. The van der Waals surface area contributed by atoms with Crippen LogP contribution in [0.5, 0.6) is 0 Å². The van der Waals surface area contributed by atoms with E-state index in [1.165, 1.54) is 103 Å². The van der Waals surface area contributed by atoms with Crippen LogP contribution in [0, 0.1) is 0 Å². The standard InChI is InChI=1S/C36H64O9/c1-3-5-7-9-11-13-15-17-19-21-29-31(44-29)23-25-42-33(37)27-36(41,35(39)40)28-34(38)43-26-24-32-30(45-32)22-20-18-16-14-12-10-8-6-4-2/h29-32,41H,3-28H2,1-2H3,(H,39,40). The maximum Gasteiger partial charge on any atom is 0.336 e. The lowest BCUT2D eigenvalue weighted by Gasteiger charge is -2.21. The van der Waals surface area contributed by atoms with Crippen LogP contribution in [0.3, 0.4) is 0 Å². The summed E-state index contributed by atoms with van der Waals surface area (Å²) in [4.78, 5) is 36.3. The van der Waals surface area contributed by atoms with Crippen LogP contribution in [0.25, 0.3) is 0 Å². The summed E-state index contributed by atoms with van der Waals surface area (Å²) in [5.74, 6) is -3.39. The highest BCUT2D eigenvalue weighted by atomic mass is 16.6. The zero-order chi connectivity index (χ0) is 32.8. The average molecular weight is 641 g/mol. The van der Waals surface area contributed by atoms with Gasteiger partial charge in [0, 0.05) is 12.8 Å². The van der Waals surface area contributed by atoms with Gasteiger partial charge in [-0.1, -0.05) is 129 Å². The van der Waals surface area contributed by atoms with E-state index in [-0.39, 0.29) is 37.6 Å². The number of rotatable bonds is 31. The molecule has 0 aliphatic carbocycles. The van der Waals surface area contributed by atoms with Crippen molar-refractivity contribution in [1.29, 1.82) is 0 Å². The van der Waals surface area contributed by atoms with Crippen LogP contribution in [0.1, 0.15) is 168 Å². The number of carboxylic acid groups (broad SMARTS) is 1. The number of epoxide rings is 2. The number of unbranched alkanes of at least 4 members (excludes halogenated alkanes) is 16. The van der Waals surface area contributed by atoms with E-state index in [4.69, 9.17) is 18.9 Å². The summed E-state index contributed by atoms with van der Waals surface area (Å²) >= 11 is 0. The lowest BCUT2D eigenvalue weighted by molar-refractivity contribution is -0.173. The second kappa shape index (κ2) is 23.6. The van der Waals surface area contributed by atoms with Crippen molar-refractivity contribution in [3.63, 3.8) is 0 Å². The molecule has 9 heteroatoms. The zero-order valence-corrected chi connectivity index (χ0v) is 28.4. The summed E-state index contributed by atoms with van der Waals surface area (Å²) in [6.45, 7) is 4.63. The van der Waals surface area contributed by atoms with Crippen molar-refractivity contribution in [2.24, 2.45) is 0 Å². The third-order valence-corrected chi connectivity index (χ3v) is 9.16. The summed E-state index contributed by atoms with van der Waals surface area (Å²) in [5.41, 5.74) is -2.57. The van der Waals surface area contributed by atoms with E-state index in [1.807, 2.05) is 0 Å². The number of aliphatic hydroxyl groups is 1. The van der Waals surface area contributed by atoms with Crippen LogP contribution in [-0.4, -0.2) is 71.4 Å². The minimum atomic E-state index is -2.57. The Labute approximate surface area is 272 Å². The van der Waals surface area contributed by atoms with Crippen molar-refractivity contribution >= 4 is 17.9 Å². The lowest BCUT2D eigenvalue weighted by atomic mass is 9.96. The van der Waals surface area contributed by atoms with Gasteiger partial charge in [-0.05, 0) is 12.8 Å². The summed E-state index contributed by atoms with van der Waals surface area (Å²) in [6, 6.07) is 0. The molecule has 0 radical (unpaired) electrons. The van der Waals surface area contributed by atoms with E-state index in [2.05, 4.69) is 13.8 Å². The molecule has 2 rings (SSSR count). The molecule has 4 atom stereocenters. The maximum atomic E-state index is 12.3. The van der Waals surface area contributed by atoms with Gasteiger partial charge < -0.3 is 29.2 Å². The Morgan fingerprint density at radius 3 is 1.18 bits per heavy atom. The van der Waals surface area contributed by atoms with Crippen molar-refractivity contribution in [3.05, 3.63) is 0 Å². The zero-order valence-electron chi connectivity index (χ0n) is 28.4. The molecule has 2 N–H and O–H groups in total. The number of hydrogen-bond donors (Lipinski definition) is 2. The minimum absolute atomic E-state index is 0.0559. The largest absolute Gasteiger partial charge is 0.479 e. The van der Waals surface area contributed by atoms with Crippen molar-refractivity contribution in [2.75, 3.05) is 13.2 Å². The van der Waals surface area contributed by atoms with Gasteiger partial charge >= 0.3 is 17.9 Å². The Morgan fingerprint density at radius 2 is 0.844 bits per heavy atom. The molecular weight excluding hydrogens is 576 g/mol. The van der Waals surface area contributed by atoms with Gasteiger partial charge in [-0.3, -0.25) is 9.59 Å². The number of aliphatic carboxylic acids is 1. The molecule has 0 aromatic carbocycles. The molecule has 0 aromatic heterocycles. The van der Waals surface area contributed by atoms with Gasteiger partial charge in [0.15, 0.2) is 5.60 Å². The molecule has 0 aromatic rings. The van der Waals surface area contributed by atoms with E-state index >= 15 is 0 Å². The Bertz CT molecular complexity index is 760. The molecule has 0 saturated carbocycles. The third kappa shape index (κ3) is 18.9. The second-order valence-corrected chi connectivity index (χ2v) is 13.4. The van der Waals surface area contributed by atoms with Crippen LogP contribution < -0.4 is 0 Å². The smallest absolute Gasteiger partial charge is 0.336 e. The van der Waals surface area contributed by atoms with Crippen LogP contribution >= 0.6 is 0 Å². The molecule has 2 aliphatic heterocycles. The monoisotopic (exact) mass is 640 g/mol. The fraction of sp³-hybridized carbons (Fsp3) is 0.917. The molecule has 262 valence electrons. The van der Waals surface area contributed by atoms with Gasteiger partial charge in [0.25, 0.3) is 0 Å². The molecular formula is C36H64O9. The second-order valence-electron chi connectivity index (χ2n) is 13.4. The molecule has 0 amide bonds. The summed E-state index contributed by atoms with van der Waals surface area (Å²) in [5, 5.41) is 20.0. The molecule has 2 aliphatic rings. The average Bonchev–Trinajstić information content (AvgIpc) is 3.92. The molecule has 9 nitrogen and oxygen atoms in total. The quantitative estimate of drug-likeness (QED) is 0.0441. The van der Waals surface area contributed by atoms with Crippen molar-refractivity contribution in [1.82, 2.24) is 0 Å². The highest BCUT2D eigenvalue weighted by Gasteiger charge is 2.43. The van der Waals surface area contributed by atoms with E-state index in [1.54, 1.807) is 0 Å². The molecule has 2 heterocycles. The van der Waals surface area contributed by atoms with Crippen molar-refractivity contribution in [2.45, 2.75) is 198 Å². The Balaban J connectivity index is 1.47. The van der Waals surface area contributed by atoms with E-state index in [0.717, 1.165) is 25.7 Å². The first kappa shape index (κ1) is 39.5. The topological polar surface area (TPSA) is 135 Å². The first-order chi connectivity index (χ1) is 21.8. The highest BCUT2D eigenvalue weighted by Crippen LogP contribution is 2.31. The molecule has 2 saturated heterocycles. The first-order valence-electron chi connectivity index (χ1n) is 18.4. The van der Waals surface area contributed by atoms with Gasteiger partial charge in [0.05, 0.1) is 50.5 Å². The number of hydrogen-bond acceptors (Lipinski definition) is 8. The third-order valence-electron chi connectivity index (χ3n) is 9.16. The van der Waals surface area contributed by atoms with Gasteiger partial charge in [0.2, 0.25) is 0 Å². The number of carboxylic acids is 1. The van der Waals surface area contributed by atoms with E-state index in [0.29, 0.717) is 12.8 Å². The fourth-order valence-electron chi connectivity index (χ4n) is 6.06.